The number of aryl methyl sites for hydroxylation is 2. The van der Waals surface area contributed by atoms with Gasteiger partial charge in [-0.05, 0) is 37.1 Å². The van der Waals surface area contributed by atoms with Crippen LogP contribution < -0.4 is 10.1 Å². The minimum Gasteiger partial charge on any atom is -0.484 e. The number of aromatic nitrogens is 2. The first-order valence-corrected chi connectivity index (χ1v) is 12.2. The molecule has 1 aliphatic heterocycles. The quantitative estimate of drug-likeness (QED) is 0.534. The molecular formula is C25H29N5O3S. The van der Waals surface area contributed by atoms with Gasteiger partial charge in [0.25, 0.3) is 5.91 Å². The van der Waals surface area contributed by atoms with Crippen LogP contribution in [0, 0.1) is 6.92 Å². The van der Waals surface area contributed by atoms with Crippen LogP contribution in [0.4, 0.5) is 5.13 Å². The Morgan fingerprint density at radius 2 is 1.82 bits per heavy atom. The third kappa shape index (κ3) is 6.39. The average Bonchev–Trinajstić information content (AvgIpc) is 3.31. The number of carbonyl (C=O) groups excluding carboxylic acids is 2. The number of ether oxygens (including phenoxy) is 1. The molecule has 0 atom stereocenters. The Morgan fingerprint density at radius 3 is 2.53 bits per heavy atom. The molecule has 0 saturated carbocycles. The second-order valence-corrected chi connectivity index (χ2v) is 9.25. The highest BCUT2D eigenvalue weighted by Gasteiger charge is 2.23. The van der Waals surface area contributed by atoms with Gasteiger partial charge in [0, 0.05) is 31.7 Å². The Morgan fingerprint density at radius 1 is 1.06 bits per heavy atom. The highest BCUT2D eigenvalue weighted by Crippen LogP contribution is 2.26. The van der Waals surface area contributed by atoms with E-state index in [-0.39, 0.29) is 25.0 Å². The predicted molar refractivity (Wildman–Crippen MR) is 133 cm³/mol. The number of nitrogens with one attached hydrogen (secondary N) is 1. The standard InChI is InChI=1S/C25H29N5O3S/c1-3-19-7-9-21(10-8-19)33-17-23(32)30-13-11-29(12-14-30)16-22(31)26-25-28-27-24(34-25)20-6-4-5-18(2)15-20/h4-10,15H,3,11-14,16-17H2,1-2H3,(H,26,28,31). The average molecular weight is 480 g/mol. The summed E-state index contributed by atoms with van der Waals surface area (Å²) in [6, 6.07) is 15.8. The van der Waals surface area contributed by atoms with Crippen LogP contribution in [-0.2, 0) is 16.0 Å². The van der Waals surface area contributed by atoms with E-state index in [0.717, 1.165) is 22.6 Å². The molecule has 34 heavy (non-hydrogen) atoms. The number of rotatable bonds is 8. The van der Waals surface area contributed by atoms with Crippen LogP contribution in [0.15, 0.2) is 48.5 Å². The Hall–Kier alpha value is -3.30. The summed E-state index contributed by atoms with van der Waals surface area (Å²) < 4.78 is 5.64. The van der Waals surface area contributed by atoms with E-state index in [1.165, 1.54) is 16.9 Å². The van der Waals surface area contributed by atoms with Gasteiger partial charge in [-0.2, -0.15) is 0 Å². The summed E-state index contributed by atoms with van der Waals surface area (Å²) in [7, 11) is 0. The van der Waals surface area contributed by atoms with Crippen molar-refractivity contribution in [2.75, 3.05) is 44.6 Å². The van der Waals surface area contributed by atoms with Crippen molar-refractivity contribution in [3.8, 4) is 16.3 Å². The van der Waals surface area contributed by atoms with Crippen molar-refractivity contribution < 1.29 is 14.3 Å². The van der Waals surface area contributed by atoms with Crippen molar-refractivity contribution in [3.05, 3.63) is 59.7 Å². The smallest absolute Gasteiger partial charge is 0.260 e. The van der Waals surface area contributed by atoms with Gasteiger partial charge < -0.3 is 9.64 Å². The summed E-state index contributed by atoms with van der Waals surface area (Å²) in [6.45, 7) is 6.80. The minimum atomic E-state index is -0.134. The molecule has 9 heteroatoms. The predicted octanol–water partition coefficient (Wildman–Crippen LogP) is 3.24. The molecular weight excluding hydrogens is 450 g/mol. The SMILES string of the molecule is CCc1ccc(OCC(=O)N2CCN(CC(=O)Nc3nnc(-c4cccc(C)c4)s3)CC2)cc1. The lowest BCUT2D eigenvalue weighted by atomic mass is 10.1. The summed E-state index contributed by atoms with van der Waals surface area (Å²) in [4.78, 5) is 28.8. The third-order valence-electron chi connectivity index (χ3n) is 5.72. The summed E-state index contributed by atoms with van der Waals surface area (Å²) in [6.07, 6.45) is 0.969. The van der Waals surface area contributed by atoms with E-state index < -0.39 is 0 Å². The molecule has 2 heterocycles. The molecule has 0 spiro atoms. The molecule has 2 aromatic carbocycles. The van der Waals surface area contributed by atoms with Crippen LogP contribution in [0.5, 0.6) is 5.75 Å². The molecule has 1 saturated heterocycles. The summed E-state index contributed by atoms with van der Waals surface area (Å²) >= 11 is 1.36. The highest BCUT2D eigenvalue weighted by atomic mass is 32.1. The number of hydrogen-bond acceptors (Lipinski definition) is 7. The van der Waals surface area contributed by atoms with Crippen molar-refractivity contribution in [3.63, 3.8) is 0 Å². The van der Waals surface area contributed by atoms with Gasteiger partial charge in [-0.1, -0.05) is 54.2 Å². The van der Waals surface area contributed by atoms with E-state index in [0.29, 0.717) is 37.1 Å². The van der Waals surface area contributed by atoms with Crippen molar-refractivity contribution in [1.82, 2.24) is 20.0 Å². The second-order valence-electron chi connectivity index (χ2n) is 8.27. The molecule has 0 radical (unpaired) electrons. The van der Waals surface area contributed by atoms with E-state index in [1.54, 1.807) is 4.90 Å². The van der Waals surface area contributed by atoms with E-state index in [1.807, 2.05) is 60.4 Å². The molecule has 8 nitrogen and oxygen atoms in total. The second kappa shape index (κ2) is 11.2. The van der Waals surface area contributed by atoms with Gasteiger partial charge >= 0.3 is 0 Å². The number of benzene rings is 2. The monoisotopic (exact) mass is 479 g/mol. The first-order chi connectivity index (χ1) is 16.5. The molecule has 1 aliphatic rings. The summed E-state index contributed by atoms with van der Waals surface area (Å²) in [5.74, 6) is 0.523. The molecule has 0 unspecified atom stereocenters. The molecule has 178 valence electrons. The Bertz CT molecular complexity index is 1120. The number of anilines is 1. The number of nitrogens with zero attached hydrogens (tertiary/aromatic N) is 4. The largest absolute Gasteiger partial charge is 0.484 e. The molecule has 3 aromatic rings. The highest BCUT2D eigenvalue weighted by molar-refractivity contribution is 7.18. The first-order valence-electron chi connectivity index (χ1n) is 11.4. The van der Waals surface area contributed by atoms with Crippen LogP contribution in [0.2, 0.25) is 0 Å². The third-order valence-corrected chi connectivity index (χ3v) is 6.61. The van der Waals surface area contributed by atoms with Gasteiger partial charge in [0.2, 0.25) is 11.0 Å². The van der Waals surface area contributed by atoms with Gasteiger partial charge in [0.1, 0.15) is 10.8 Å². The summed E-state index contributed by atoms with van der Waals surface area (Å²) in [5.41, 5.74) is 3.37. The zero-order chi connectivity index (χ0) is 23.9. The fourth-order valence-electron chi connectivity index (χ4n) is 3.74. The lowest BCUT2D eigenvalue weighted by molar-refractivity contribution is -0.135. The van der Waals surface area contributed by atoms with Crippen LogP contribution in [0.25, 0.3) is 10.6 Å². The molecule has 0 aliphatic carbocycles. The van der Waals surface area contributed by atoms with Crippen LogP contribution >= 0.6 is 11.3 Å². The topological polar surface area (TPSA) is 87.7 Å². The fraction of sp³-hybridized carbons (Fsp3) is 0.360. The number of piperazine rings is 1. The molecule has 1 fully saturated rings. The van der Waals surface area contributed by atoms with Gasteiger partial charge in [-0.15, -0.1) is 10.2 Å². The van der Waals surface area contributed by atoms with E-state index >= 15 is 0 Å². The van der Waals surface area contributed by atoms with Crippen LogP contribution in [0.3, 0.4) is 0 Å². The maximum absolute atomic E-state index is 12.5. The van der Waals surface area contributed by atoms with Crippen LogP contribution in [-0.4, -0.2) is 71.1 Å². The summed E-state index contributed by atoms with van der Waals surface area (Å²) in [5, 5.41) is 12.4. The van der Waals surface area contributed by atoms with Gasteiger partial charge in [-0.25, -0.2) is 0 Å². The van der Waals surface area contributed by atoms with Gasteiger partial charge in [0.05, 0.1) is 6.54 Å². The first kappa shape index (κ1) is 23.8. The van der Waals surface area contributed by atoms with Gasteiger partial charge in [0.15, 0.2) is 6.61 Å². The molecule has 0 bridgehead atoms. The van der Waals surface area contributed by atoms with Crippen molar-refractivity contribution >= 4 is 28.3 Å². The van der Waals surface area contributed by atoms with Crippen molar-refractivity contribution in [2.45, 2.75) is 20.3 Å². The molecule has 2 amide bonds. The molecule has 1 N–H and O–H groups in total. The molecule has 4 rings (SSSR count). The lowest BCUT2D eigenvalue weighted by Gasteiger charge is -2.34. The Balaban J connectivity index is 1.19. The van der Waals surface area contributed by atoms with Crippen molar-refractivity contribution in [2.24, 2.45) is 0 Å². The normalized spacial score (nSPS) is 14.1. The zero-order valence-corrected chi connectivity index (χ0v) is 20.3. The molecule has 1 aromatic heterocycles. The fourth-order valence-corrected chi connectivity index (χ4v) is 4.50. The van der Waals surface area contributed by atoms with Gasteiger partial charge in [-0.3, -0.25) is 19.8 Å². The van der Waals surface area contributed by atoms with Crippen LogP contribution in [0.1, 0.15) is 18.1 Å². The van der Waals surface area contributed by atoms with E-state index in [9.17, 15) is 9.59 Å². The van der Waals surface area contributed by atoms with E-state index in [4.69, 9.17) is 4.74 Å². The zero-order valence-electron chi connectivity index (χ0n) is 19.5. The number of amides is 2. The Labute approximate surface area is 203 Å². The van der Waals surface area contributed by atoms with E-state index in [2.05, 4.69) is 22.4 Å². The maximum atomic E-state index is 12.5. The number of hydrogen-bond donors (Lipinski definition) is 1. The van der Waals surface area contributed by atoms with Crippen molar-refractivity contribution in [1.29, 1.82) is 0 Å². The minimum absolute atomic E-state index is 0.0201. The Kier molecular flexibility index (Phi) is 7.87. The maximum Gasteiger partial charge on any atom is 0.260 e. The lowest BCUT2D eigenvalue weighted by Crippen LogP contribution is -2.51. The number of carbonyl (C=O) groups is 2.